The van der Waals surface area contributed by atoms with E-state index in [1.54, 1.807) is 0 Å². The van der Waals surface area contributed by atoms with E-state index in [4.69, 9.17) is 14.9 Å². The summed E-state index contributed by atoms with van der Waals surface area (Å²) in [7, 11) is 0. The van der Waals surface area contributed by atoms with Crippen molar-refractivity contribution in [1.82, 2.24) is 10.6 Å². The Hall–Kier alpha value is -3.39. The quantitative estimate of drug-likeness (QED) is 0.488. The molecule has 33 heavy (non-hydrogen) atoms. The van der Waals surface area contributed by atoms with E-state index >= 15 is 0 Å². The number of aliphatic hydroxyl groups is 1. The number of benzene rings is 2. The van der Waals surface area contributed by atoms with Crippen LogP contribution in [0.4, 0.5) is 4.79 Å². The second-order valence-electron chi connectivity index (χ2n) is 8.59. The fraction of sp³-hybridized carbons (Fsp3) is 0.400. The van der Waals surface area contributed by atoms with Gasteiger partial charge in [0.25, 0.3) is 0 Å². The van der Waals surface area contributed by atoms with Crippen molar-refractivity contribution >= 4 is 18.0 Å². The number of fused-ring (bicyclic) bond motifs is 3. The first-order valence-electron chi connectivity index (χ1n) is 11.2. The van der Waals surface area contributed by atoms with Gasteiger partial charge in [0.05, 0.1) is 0 Å². The molecule has 0 aromatic heterocycles. The predicted molar refractivity (Wildman–Crippen MR) is 121 cm³/mol. The Labute approximate surface area is 192 Å². The second-order valence-corrected chi connectivity index (χ2v) is 8.59. The van der Waals surface area contributed by atoms with E-state index in [-0.39, 0.29) is 43.4 Å². The van der Waals surface area contributed by atoms with E-state index in [0.717, 1.165) is 22.3 Å². The van der Waals surface area contributed by atoms with Gasteiger partial charge in [-0.05, 0) is 41.5 Å². The van der Waals surface area contributed by atoms with Gasteiger partial charge in [0.2, 0.25) is 5.91 Å². The van der Waals surface area contributed by atoms with Crippen LogP contribution in [-0.2, 0) is 14.3 Å². The van der Waals surface area contributed by atoms with Crippen LogP contribution in [0.25, 0.3) is 11.1 Å². The number of carbonyl (C=O) groups excluding carboxylic acids is 2. The minimum Gasteiger partial charge on any atom is -0.480 e. The first-order chi connectivity index (χ1) is 16.0. The number of carboxylic acid groups (broad SMARTS) is 1. The van der Waals surface area contributed by atoms with Crippen LogP contribution in [0.1, 0.15) is 42.7 Å². The van der Waals surface area contributed by atoms with E-state index in [9.17, 15) is 14.4 Å². The molecular formula is C25H28N2O6. The normalized spacial score (nSPS) is 19.9. The lowest BCUT2D eigenvalue weighted by Crippen LogP contribution is -2.44. The molecule has 1 saturated carbocycles. The zero-order chi connectivity index (χ0) is 23.4. The number of aliphatic hydroxyl groups excluding tert-OH is 1. The number of amides is 2. The topological polar surface area (TPSA) is 125 Å². The molecule has 2 amide bonds. The lowest BCUT2D eigenvalue weighted by Gasteiger charge is -2.18. The van der Waals surface area contributed by atoms with Crippen molar-refractivity contribution in [2.45, 2.75) is 43.7 Å². The van der Waals surface area contributed by atoms with Crippen molar-refractivity contribution in [2.75, 3.05) is 13.2 Å². The summed E-state index contributed by atoms with van der Waals surface area (Å²) in [5.41, 5.74) is 4.60. The largest absolute Gasteiger partial charge is 0.480 e. The fourth-order valence-electron chi connectivity index (χ4n) is 4.83. The molecule has 4 rings (SSSR count). The van der Waals surface area contributed by atoms with E-state index in [1.165, 1.54) is 0 Å². The maximum atomic E-state index is 12.5. The molecule has 2 aliphatic rings. The second kappa shape index (κ2) is 10.0. The number of ether oxygens (including phenoxy) is 1. The van der Waals surface area contributed by atoms with Gasteiger partial charge in [-0.2, -0.15) is 0 Å². The summed E-state index contributed by atoms with van der Waals surface area (Å²) >= 11 is 0. The van der Waals surface area contributed by atoms with Crippen LogP contribution in [0.5, 0.6) is 0 Å². The van der Waals surface area contributed by atoms with Crippen LogP contribution < -0.4 is 10.6 Å². The van der Waals surface area contributed by atoms with Gasteiger partial charge in [0, 0.05) is 30.9 Å². The standard InChI is InChI=1S/C25H28N2O6/c28-12-11-22(24(30)31)27-23(29)15-9-10-16(13-15)26-25(32)33-14-21-19-7-3-1-5-17(19)18-6-2-4-8-20(18)21/h1-8,15-16,21-22,28H,9-14H2,(H,26,32)(H,27,29)(H,30,31)/t15?,16?,22-/m1/s1. The average Bonchev–Trinajstić information content (AvgIpc) is 3.40. The Morgan fingerprint density at radius 2 is 1.64 bits per heavy atom. The minimum atomic E-state index is -1.18. The lowest BCUT2D eigenvalue weighted by atomic mass is 9.98. The Bertz CT molecular complexity index is 994. The Morgan fingerprint density at radius 3 is 2.24 bits per heavy atom. The summed E-state index contributed by atoms with van der Waals surface area (Å²) in [4.78, 5) is 36.1. The number of hydrogen-bond donors (Lipinski definition) is 4. The predicted octanol–water partition coefficient (Wildman–Crippen LogP) is 2.65. The molecular weight excluding hydrogens is 424 g/mol. The van der Waals surface area contributed by atoms with Crippen LogP contribution >= 0.6 is 0 Å². The first kappa shape index (κ1) is 22.8. The Morgan fingerprint density at radius 1 is 1.00 bits per heavy atom. The van der Waals surface area contributed by atoms with Gasteiger partial charge in [0.15, 0.2) is 0 Å². The summed E-state index contributed by atoms with van der Waals surface area (Å²) in [6, 6.07) is 14.9. The van der Waals surface area contributed by atoms with Gasteiger partial charge in [-0.15, -0.1) is 0 Å². The molecule has 2 unspecified atom stereocenters. The molecule has 2 aromatic rings. The van der Waals surface area contributed by atoms with E-state index in [0.29, 0.717) is 19.3 Å². The molecule has 0 heterocycles. The Kier molecular flexibility index (Phi) is 6.93. The molecule has 0 saturated heterocycles. The molecule has 174 valence electrons. The van der Waals surface area contributed by atoms with Crippen molar-refractivity contribution in [1.29, 1.82) is 0 Å². The molecule has 3 atom stereocenters. The number of carbonyl (C=O) groups is 3. The number of alkyl carbamates (subject to hydrolysis) is 1. The molecule has 0 aliphatic heterocycles. The van der Waals surface area contributed by atoms with Crippen molar-refractivity contribution in [3.8, 4) is 11.1 Å². The number of carboxylic acids is 1. The summed E-state index contributed by atoms with van der Waals surface area (Å²) < 4.78 is 5.57. The van der Waals surface area contributed by atoms with Gasteiger partial charge < -0.3 is 25.6 Å². The highest BCUT2D eigenvalue weighted by Crippen LogP contribution is 2.44. The Balaban J connectivity index is 1.29. The third-order valence-electron chi connectivity index (χ3n) is 6.50. The molecule has 2 aromatic carbocycles. The number of aliphatic carboxylic acids is 1. The van der Waals surface area contributed by atoms with Crippen molar-refractivity contribution in [3.05, 3.63) is 59.7 Å². The van der Waals surface area contributed by atoms with Crippen molar-refractivity contribution in [2.24, 2.45) is 5.92 Å². The highest BCUT2D eigenvalue weighted by Gasteiger charge is 2.34. The van der Waals surface area contributed by atoms with Gasteiger partial charge in [-0.1, -0.05) is 48.5 Å². The molecule has 2 aliphatic carbocycles. The number of hydrogen-bond acceptors (Lipinski definition) is 5. The third kappa shape index (κ3) is 5.01. The van der Waals surface area contributed by atoms with Crippen LogP contribution in [0.3, 0.4) is 0 Å². The fourth-order valence-corrected chi connectivity index (χ4v) is 4.83. The molecule has 4 N–H and O–H groups in total. The maximum absolute atomic E-state index is 12.5. The van der Waals surface area contributed by atoms with Crippen LogP contribution in [0.15, 0.2) is 48.5 Å². The van der Waals surface area contributed by atoms with E-state index in [2.05, 4.69) is 34.9 Å². The summed E-state index contributed by atoms with van der Waals surface area (Å²) in [5, 5.41) is 23.4. The average molecular weight is 453 g/mol. The highest BCUT2D eigenvalue weighted by atomic mass is 16.5. The van der Waals surface area contributed by atoms with Gasteiger partial charge in [-0.3, -0.25) is 4.79 Å². The smallest absolute Gasteiger partial charge is 0.407 e. The van der Waals surface area contributed by atoms with Crippen molar-refractivity contribution < 1.29 is 29.3 Å². The third-order valence-corrected chi connectivity index (χ3v) is 6.50. The van der Waals surface area contributed by atoms with Gasteiger partial charge >= 0.3 is 12.1 Å². The lowest BCUT2D eigenvalue weighted by molar-refractivity contribution is -0.142. The number of rotatable bonds is 8. The highest BCUT2D eigenvalue weighted by molar-refractivity contribution is 5.85. The molecule has 0 radical (unpaired) electrons. The molecule has 8 nitrogen and oxygen atoms in total. The van der Waals surface area contributed by atoms with Crippen LogP contribution in [0, 0.1) is 5.92 Å². The summed E-state index contributed by atoms with van der Waals surface area (Å²) in [5.74, 6) is -1.95. The minimum absolute atomic E-state index is 0.0234. The van der Waals surface area contributed by atoms with Crippen LogP contribution in [0.2, 0.25) is 0 Å². The zero-order valence-corrected chi connectivity index (χ0v) is 18.2. The number of nitrogens with one attached hydrogen (secondary N) is 2. The van der Waals surface area contributed by atoms with Crippen LogP contribution in [-0.4, -0.2) is 53.5 Å². The SMILES string of the molecule is O=C(NC1CCC(C(=O)N[C@H](CCO)C(=O)O)C1)OCC1c2ccccc2-c2ccccc21. The van der Waals surface area contributed by atoms with Crippen molar-refractivity contribution in [3.63, 3.8) is 0 Å². The first-order valence-corrected chi connectivity index (χ1v) is 11.2. The molecule has 8 heteroatoms. The summed E-state index contributed by atoms with van der Waals surface area (Å²) in [6.07, 6.45) is 1.01. The maximum Gasteiger partial charge on any atom is 0.407 e. The summed E-state index contributed by atoms with van der Waals surface area (Å²) in [6.45, 7) is -0.105. The van der Waals surface area contributed by atoms with Gasteiger partial charge in [-0.25, -0.2) is 9.59 Å². The zero-order valence-electron chi connectivity index (χ0n) is 18.2. The van der Waals surface area contributed by atoms with Gasteiger partial charge in [0.1, 0.15) is 12.6 Å². The monoisotopic (exact) mass is 452 g/mol. The van der Waals surface area contributed by atoms with E-state index < -0.39 is 18.1 Å². The molecule has 0 spiro atoms. The van der Waals surface area contributed by atoms with E-state index in [1.807, 2.05) is 24.3 Å². The molecule has 1 fully saturated rings. The molecule has 0 bridgehead atoms.